The second kappa shape index (κ2) is 7.34. The Morgan fingerprint density at radius 3 is 2.71 bits per heavy atom. The molecule has 0 saturated carbocycles. The fourth-order valence-electron chi connectivity index (χ4n) is 3.60. The molecule has 1 aliphatic rings. The van der Waals surface area contributed by atoms with Crippen LogP contribution in [0.4, 0.5) is 5.95 Å². The molecule has 1 fully saturated rings. The van der Waals surface area contributed by atoms with E-state index >= 15 is 0 Å². The molecule has 1 aliphatic heterocycles. The quantitative estimate of drug-likeness (QED) is 0.646. The van der Waals surface area contributed by atoms with Crippen molar-refractivity contribution in [1.29, 1.82) is 0 Å². The maximum atomic E-state index is 12.6. The lowest BCUT2D eigenvalue weighted by Gasteiger charge is -2.15. The van der Waals surface area contributed by atoms with Crippen molar-refractivity contribution in [3.63, 3.8) is 0 Å². The summed E-state index contributed by atoms with van der Waals surface area (Å²) < 4.78 is 3.18. The van der Waals surface area contributed by atoms with Crippen LogP contribution in [0, 0.1) is 0 Å². The molecule has 28 heavy (non-hydrogen) atoms. The summed E-state index contributed by atoms with van der Waals surface area (Å²) in [6.07, 6.45) is 1.49. The molecule has 0 unspecified atom stereocenters. The standard InChI is InChI=1S/C19H22N6O3/c1-23-14-5-2-3-6-15(14)25(19(23)28)12-13-11-16(26)22-18(21-13)20-8-10-24-9-4-7-17(24)27/h2-3,5-6,11H,4,7-10,12H2,1H3,(H2,20,21,22,26). The molecule has 0 spiro atoms. The van der Waals surface area contributed by atoms with Gasteiger partial charge in [-0.1, -0.05) is 12.1 Å². The minimum atomic E-state index is -0.293. The summed E-state index contributed by atoms with van der Waals surface area (Å²) in [5, 5.41) is 3.06. The topological polar surface area (TPSA) is 105 Å². The van der Waals surface area contributed by atoms with Gasteiger partial charge in [-0.3, -0.25) is 23.7 Å². The number of H-pyrrole nitrogens is 1. The van der Waals surface area contributed by atoms with Crippen molar-refractivity contribution in [2.75, 3.05) is 25.0 Å². The van der Waals surface area contributed by atoms with Gasteiger partial charge in [0.25, 0.3) is 5.56 Å². The fraction of sp³-hybridized carbons (Fsp3) is 0.368. The predicted octanol–water partition coefficient (Wildman–Crippen LogP) is 0.506. The number of carbonyl (C=O) groups excluding carboxylic acids is 1. The lowest BCUT2D eigenvalue weighted by Crippen LogP contribution is -2.30. The molecule has 3 heterocycles. The third-order valence-corrected chi connectivity index (χ3v) is 5.01. The molecule has 146 valence electrons. The molecule has 9 heteroatoms. The number of rotatable bonds is 6. The first-order valence-corrected chi connectivity index (χ1v) is 9.29. The third kappa shape index (κ3) is 3.42. The predicted molar refractivity (Wildman–Crippen MR) is 105 cm³/mol. The van der Waals surface area contributed by atoms with E-state index in [2.05, 4.69) is 15.3 Å². The molecule has 1 amide bonds. The third-order valence-electron chi connectivity index (χ3n) is 5.01. The highest BCUT2D eigenvalue weighted by Crippen LogP contribution is 2.13. The lowest BCUT2D eigenvalue weighted by molar-refractivity contribution is -0.127. The summed E-state index contributed by atoms with van der Waals surface area (Å²) in [6.45, 7) is 2.03. The first-order valence-electron chi connectivity index (χ1n) is 9.29. The summed E-state index contributed by atoms with van der Waals surface area (Å²) in [7, 11) is 1.72. The van der Waals surface area contributed by atoms with Gasteiger partial charge in [0, 0.05) is 39.2 Å². The Bertz CT molecular complexity index is 1140. The number of hydrogen-bond donors (Lipinski definition) is 2. The van der Waals surface area contributed by atoms with Crippen LogP contribution in [0.5, 0.6) is 0 Å². The molecule has 0 atom stereocenters. The highest BCUT2D eigenvalue weighted by Gasteiger charge is 2.19. The van der Waals surface area contributed by atoms with Crippen molar-refractivity contribution in [3.05, 3.63) is 56.9 Å². The number of carbonyl (C=O) groups is 1. The van der Waals surface area contributed by atoms with Crippen LogP contribution in [-0.2, 0) is 18.4 Å². The molecule has 1 aromatic carbocycles. The van der Waals surface area contributed by atoms with Crippen LogP contribution in [0.25, 0.3) is 11.0 Å². The number of hydrogen-bond acceptors (Lipinski definition) is 5. The van der Waals surface area contributed by atoms with Gasteiger partial charge < -0.3 is 10.2 Å². The van der Waals surface area contributed by atoms with Crippen LogP contribution >= 0.6 is 0 Å². The zero-order chi connectivity index (χ0) is 19.7. The van der Waals surface area contributed by atoms with E-state index < -0.39 is 0 Å². The molecule has 9 nitrogen and oxygen atoms in total. The van der Waals surface area contributed by atoms with E-state index in [1.807, 2.05) is 24.3 Å². The van der Waals surface area contributed by atoms with Crippen LogP contribution in [0.1, 0.15) is 18.5 Å². The van der Waals surface area contributed by atoms with E-state index in [4.69, 9.17) is 0 Å². The average Bonchev–Trinajstić information content (AvgIpc) is 3.18. The van der Waals surface area contributed by atoms with E-state index in [1.54, 1.807) is 21.1 Å². The van der Waals surface area contributed by atoms with Crippen molar-refractivity contribution in [2.24, 2.45) is 7.05 Å². The first kappa shape index (κ1) is 18.0. The highest BCUT2D eigenvalue weighted by molar-refractivity contribution is 5.78. The zero-order valence-electron chi connectivity index (χ0n) is 15.6. The molecule has 3 aromatic rings. The Balaban J connectivity index is 1.53. The molecular weight excluding hydrogens is 360 g/mol. The van der Waals surface area contributed by atoms with Crippen molar-refractivity contribution >= 4 is 22.9 Å². The van der Waals surface area contributed by atoms with E-state index in [0.29, 0.717) is 31.2 Å². The number of aryl methyl sites for hydroxylation is 1. The monoisotopic (exact) mass is 382 g/mol. The van der Waals surface area contributed by atoms with Gasteiger partial charge in [0.15, 0.2) is 0 Å². The van der Waals surface area contributed by atoms with E-state index in [0.717, 1.165) is 24.0 Å². The zero-order valence-corrected chi connectivity index (χ0v) is 15.6. The van der Waals surface area contributed by atoms with Gasteiger partial charge in [-0.2, -0.15) is 0 Å². The van der Waals surface area contributed by atoms with Crippen LogP contribution in [0.15, 0.2) is 39.9 Å². The van der Waals surface area contributed by atoms with Crippen LogP contribution in [0.3, 0.4) is 0 Å². The number of para-hydroxylation sites is 2. The summed E-state index contributed by atoms with van der Waals surface area (Å²) in [5.41, 5.74) is 1.65. The molecule has 1 saturated heterocycles. The Hall–Kier alpha value is -3.36. The van der Waals surface area contributed by atoms with Gasteiger partial charge in [0.05, 0.1) is 23.3 Å². The number of aromatic amines is 1. The van der Waals surface area contributed by atoms with Gasteiger partial charge in [0.1, 0.15) is 0 Å². The van der Waals surface area contributed by atoms with Gasteiger partial charge >= 0.3 is 5.69 Å². The number of nitrogens with one attached hydrogen (secondary N) is 2. The largest absolute Gasteiger partial charge is 0.354 e. The second-order valence-corrected chi connectivity index (χ2v) is 6.91. The number of fused-ring (bicyclic) bond motifs is 1. The van der Waals surface area contributed by atoms with Crippen LogP contribution in [0.2, 0.25) is 0 Å². The maximum Gasteiger partial charge on any atom is 0.329 e. The van der Waals surface area contributed by atoms with E-state index in [1.165, 1.54) is 6.07 Å². The molecule has 2 aromatic heterocycles. The van der Waals surface area contributed by atoms with Gasteiger partial charge in [-0.15, -0.1) is 0 Å². The number of imidazole rings is 1. The lowest BCUT2D eigenvalue weighted by atomic mass is 10.3. The second-order valence-electron chi connectivity index (χ2n) is 6.91. The molecule has 4 rings (SSSR count). The molecule has 0 aliphatic carbocycles. The average molecular weight is 382 g/mol. The van der Waals surface area contributed by atoms with Crippen LogP contribution in [-0.4, -0.2) is 49.5 Å². The SMILES string of the molecule is Cn1c(=O)n(Cc2cc(=O)[nH]c(NCCN3CCCC3=O)n2)c2ccccc21. The number of aromatic nitrogens is 4. The smallest absolute Gasteiger partial charge is 0.329 e. The van der Waals surface area contributed by atoms with Gasteiger partial charge in [-0.25, -0.2) is 9.78 Å². The summed E-state index contributed by atoms with van der Waals surface area (Å²) >= 11 is 0. The minimum Gasteiger partial charge on any atom is -0.354 e. The van der Waals surface area contributed by atoms with Crippen molar-refractivity contribution < 1.29 is 4.79 Å². The number of amides is 1. The van der Waals surface area contributed by atoms with Crippen molar-refractivity contribution in [1.82, 2.24) is 24.0 Å². The number of benzene rings is 1. The van der Waals surface area contributed by atoms with E-state index in [-0.39, 0.29) is 23.7 Å². The molecule has 2 N–H and O–H groups in total. The van der Waals surface area contributed by atoms with Gasteiger partial charge in [-0.05, 0) is 18.6 Å². The Labute approximate surface area is 160 Å². The first-order chi connectivity index (χ1) is 13.5. The fourth-order valence-corrected chi connectivity index (χ4v) is 3.60. The molecule has 0 bridgehead atoms. The highest BCUT2D eigenvalue weighted by atomic mass is 16.2. The Kier molecular flexibility index (Phi) is 4.72. The minimum absolute atomic E-state index is 0.160. The van der Waals surface area contributed by atoms with Gasteiger partial charge in [0.2, 0.25) is 11.9 Å². The number of anilines is 1. The summed E-state index contributed by atoms with van der Waals surface area (Å²) in [4.78, 5) is 45.1. The molecular formula is C19H22N6O3. The number of nitrogens with zero attached hydrogens (tertiary/aromatic N) is 4. The normalized spacial score (nSPS) is 14.2. The van der Waals surface area contributed by atoms with Crippen LogP contribution < -0.4 is 16.6 Å². The molecule has 0 radical (unpaired) electrons. The maximum absolute atomic E-state index is 12.6. The Morgan fingerprint density at radius 1 is 1.18 bits per heavy atom. The summed E-state index contributed by atoms with van der Waals surface area (Å²) in [6, 6.07) is 8.89. The van der Waals surface area contributed by atoms with E-state index in [9.17, 15) is 14.4 Å². The van der Waals surface area contributed by atoms with Crippen molar-refractivity contribution in [2.45, 2.75) is 19.4 Å². The Morgan fingerprint density at radius 2 is 1.96 bits per heavy atom. The number of likely N-dealkylation sites (tertiary alicyclic amines) is 1. The summed E-state index contributed by atoms with van der Waals surface area (Å²) in [5.74, 6) is 0.495. The van der Waals surface area contributed by atoms with Crippen molar-refractivity contribution in [3.8, 4) is 0 Å².